The second kappa shape index (κ2) is 5.09. The van der Waals surface area contributed by atoms with Crippen molar-refractivity contribution in [1.82, 2.24) is 9.97 Å². The van der Waals surface area contributed by atoms with Gasteiger partial charge in [0.1, 0.15) is 11.8 Å². The Bertz CT molecular complexity index is 794. The average Bonchev–Trinajstić information content (AvgIpc) is 2.86. The molecule has 0 amide bonds. The number of nitrogens with one attached hydrogen (secondary N) is 1. The molecule has 2 aromatic heterocycles. The first-order valence-electron chi connectivity index (χ1n) is 6.88. The number of anilines is 2. The molecule has 21 heavy (non-hydrogen) atoms. The van der Waals surface area contributed by atoms with Crippen LogP contribution < -0.4 is 11.1 Å². The number of oxazole rings is 1. The first-order valence-corrected chi connectivity index (χ1v) is 6.88. The standard InChI is InChI=1S/C16H18N4O/c1-9-6-15(13-7-12(17)4-5-14(13)19-9)20-11(3)16-18-8-10(2)21-16/h4-8,11H,17H2,1-3H3,(H,19,20). The maximum atomic E-state index is 5.89. The first kappa shape index (κ1) is 13.4. The van der Waals surface area contributed by atoms with E-state index in [0.717, 1.165) is 33.7 Å². The highest BCUT2D eigenvalue weighted by molar-refractivity contribution is 5.93. The molecule has 0 saturated heterocycles. The van der Waals surface area contributed by atoms with E-state index in [0.29, 0.717) is 5.89 Å². The van der Waals surface area contributed by atoms with Crippen LogP contribution in [-0.4, -0.2) is 9.97 Å². The first-order chi connectivity index (χ1) is 10.0. The fourth-order valence-electron chi connectivity index (χ4n) is 2.36. The lowest BCUT2D eigenvalue weighted by Crippen LogP contribution is -2.08. The zero-order valence-electron chi connectivity index (χ0n) is 12.3. The van der Waals surface area contributed by atoms with Gasteiger partial charge in [-0.15, -0.1) is 0 Å². The molecule has 0 saturated carbocycles. The number of pyridine rings is 1. The van der Waals surface area contributed by atoms with Crippen LogP contribution in [0.2, 0.25) is 0 Å². The molecule has 0 aliphatic carbocycles. The van der Waals surface area contributed by atoms with Gasteiger partial charge in [-0.25, -0.2) is 4.98 Å². The summed E-state index contributed by atoms with van der Waals surface area (Å²) in [5.74, 6) is 1.47. The quantitative estimate of drug-likeness (QED) is 0.718. The van der Waals surface area contributed by atoms with Crippen molar-refractivity contribution < 1.29 is 4.42 Å². The van der Waals surface area contributed by atoms with E-state index in [2.05, 4.69) is 15.3 Å². The number of nitrogens with zero attached hydrogens (tertiary/aromatic N) is 2. The Kier molecular flexibility index (Phi) is 3.25. The zero-order valence-corrected chi connectivity index (χ0v) is 12.3. The molecule has 3 rings (SSSR count). The Morgan fingerprint density at radius 3 is 2.76 bits per heavy atom. The summed E-state index contributed by atoms with van der Waals surface area (Å²) in [6.45, 7) is 5.87. The number of rotatable bonds is 3. The fourth-order valence-corrected chi connectivity index (χ4v) is 2.36. The summed E-state index contributed by atoms with van der Waals surface area (Å²) < 4.78 is 5.57. The zero-order chi connectivity index (χ0) is 15.0. The van der Waals surface area contributed by atoms with Gasteiger partial charge in [0, 0.05) is 22.5 Å². The topological polar surface area (TPSA) is 77.0 Å². The van der Waals surface area contributed by atoms with Gasteiger partial charge in [0.2, 0.25) is 5.89 Å². The van der Waals surface area contributed by atoms with Crippen LogP contribution in [0.4, 0.5) is 11.4 Å². The van der Waals surface area contributed by atoms with Crippen molar-refractivity contribution in [2.75, 3.05) is 11.1 Å². The fraction of sp³-hybridized carbons (Fsp3) is 0.250. The summed E-state index contributed by atoms with van der Waals surface area (Å²) in [6.07, 6.45) is 1.72. The maximum absolute atomic E-state index is 5.89. The summed E-state index contributed by atoms with van der Waals surface area (Å²) in [6, 6.07) is 7.69. The van der Waals surface area contributed by atoms with E-state index in [1.54, 1.807) is 6.20 Å². The Hall–Kier alpha value is -2.56. The molecule has 2 heterocycles. The summed E-state index contributed by atoms with van der Waals surface area (Å²) >= 11 is 0. The number of nitrogens with two attached hydrogens (primary N) is 1. The predicted octanol–water partition coefficient (Wildman–Crippen LogP) is 3.59. The molecular weight excluding hydrogens is 264 g/mol. The van der Waals surface area contributed by atoms with E-state index in [-0.39, 0.29) is 6.04 Å². The van der Waals surface area contributed by atoms with Gasteiger partial charge in [-0.2, -0.15) is 0 Å². The molecule has 0 aliphatic heterocycles. The van der Waals surface area contributed by atoms with Gasteiger partial charge in [0.15, 0.2) is 0 Å². The van der Waals surface area contributed by atoms with Crippen molar-refractivity contribution in [3.63, 3.8) is 0 Å². The number of benzene rings is 1. The van der Waals surface area contributed by atoms with Gasteiger partial charge in [0.25, 0.3) is 0 Å². The molecule has 0 bridgehead atoms. The van der Waals surface area contributed by atoms with E-state index < -0.39 is 0 Å². The van der Waals surface area contributed by atoms with Crippen molar-refractivity contribution in [3.8, 4) is 0 Å². The Balaban J connectivity index is 2.01. The van der Waals surface area contributed by atoms with Crippen LogP contribution in [0.3, 0.4) is 0 Å². The van der Waals surface area contributed by atoms with Crippen LogP contribution in [0.1, 0.15) is 30.3 Å². The molecule has 0 radical (unpaired) electrons. The highest BCUT2D eigenvalue weighted by atomic mass is 16.4. The van der Waals surface area contributed by atoms with Crippen LogP contribution in [0.15, 0.2) is 34.9 Å². The van der Waals surface area contributed by atoms with Crippen molar-refractivity contribution in [3.05, 3.63) is 47.8 Å². The third-order valence-corrected chi connectivity index (χ3v) is 3.34. The lowest BCUT2D eigenvalue weighted by atomic mass is 10.1. The molecule has 0 fully saturated rings. The van der Waals surface area contributed by atoms with E-state index in [1.807, 2.05) is 45.0 Å². The second-order valence-corrected chi connectivity index (χ2v) is 5.26. The lowest BCUT2D eigenvalue weighted by molar-refractivity contribution is 0.454. The molecular formula is C16H18N4O. The van der Waals surface area contributed by atoms with Crippen LogP contribution in [0, 0.1) is 13.8 Å². The van der Waals surface area contributed by atoms with Gasteiger partial charge in [0.05, 0.1) is 11.7 Å². The monoisotopic (exact) mass is 282 g/mol. The van der Waals surface area contributed by atoms with Crippen molar-refractivity contribution in [2.45, 2.75) is 26.8 Å². The molecule has 3 aromatic rings. The third kappa shape index (κ3) is 2.67. The van der Waals surface area contributed by atoms with Gasteiger partial charge < -0.3 is 15.5 Å². The summed E-state index contributed by atoms with van der Waals surface area (Å²) in [5.41, 5.74) is 9.46. The van der Waals surface area contributed by atoms with Crippen LogP contribution in [-0.2, 0) is 0 Å². The van der Waals surface area contributed by atoms with Gasteiger partial charge in [-0.1, -0.05) is 0 Å². The second-order valence-electron chi connectivity index (χ2n) is 5.26. The van der Waals surface area contributed by atoms with Gasteiger partial charge >= 0.3 is 0 Å². The summed E-state index contributed by atoms with van der Waals surface area (Å²) in [4.78, 5) is 8.79. The molecule has 0 aliphatic rings. The van der Waals surface area contributed by atoms with Crippen LogP contribution >= 0.6 is 0 Å². The number of fused-ring (bicyclic) bond motifs is 1. The minimum Gasteiger partial charge on any atom is -0.444 e. The molecule has 5 nitrogen and oxygen atoms in total. The molecule has 5 heteroatoms. The number of hydrogen-bond acceptors (Lipinski definition) is 5. The Morgan fingerprint density at radius 1 is 1.24 bits per heavy atom. The van der Waals surface area contributed by atoms with Gasteiger partial charge in [-0.05, 0) is 45.0 Å². The smallest absolute Gasteiger partial charge is 0.216 e. The summed E-state index contributed by atoms with van der Waals surface area (Å²) in [5, 5.41) is 4.43. The van der Waals surface area contributed by atoms with Crippen LogP contribution in [0.25, 0.3) is 10.9 Å². The maximum Gasteiger partial charge on any atom is 0.216 e. The Morgan fingerprint density at radius 2 is 2.05 bits per heavy atom. The van der Waals surface area contributed by atoms with E-state index in [4.69, 9.17) is 10.2 Å². The van der Waals surface area contributed by atoms with Crippen molar-refractivity contribution in [2.24, 2.45) is 0 Å². The minimum atomic E-state index is -0.0369. The predicted molar refractivity (Wildman–Crippen MR) is 84.2 cm³/mol. The van der Waals surface area contributed by atoms with Crippen molar-refractivity contribution in [1.29, 1.82) is 0 Å². The van der Waals surface area contributed by atoms with E-state index in [1.165, 1.54) is 0 Å². The Labute approximate surface area is 123 Å². The number of aryl methyl sites for hydroxylation is 2. The van der Waals surface area contributed by atoms with Crippen molar-refractivity contribution >= 4 is 22.3 Å². The SMILES string of the molecule is Cc1cc(NC(C)c2ncc(C)o2)c2cc(N)ccc2n1. The number of hydrogen-bond donors (Lipinski definition) is 2. The molecule has 3 N–H and O–H groups in total. The molecule has 1 aromatic carbocycles. The summed E-state index contributed by atoms with van der Waals surface area (Å²) in [7, 11) is 0. The molecule has 1 atom stereocenters. The number of nitrogen functional groups attached to an aromatic ring is 1. The molecule has 1 unspecified atom stereocenters. The molecule has 0 spiro atoms. The normalized spacial score (nSPS) is 12.5. The third-order valence-electron chi connectivity index (χ3n) is 3.34. The number of aromatic nitrogens is 2. The minimum absolute atomic E-state index is 0.0369. The van der Waals surface area contributed by atoms with Gasteiger partial charge in [-0.3, -0.25) is 4.98 Å². The highest BCUT2D eigenvalue weighted by Crippen LogP contribution is 2.28. The largest absolute Gasteiger partial charge is 0.444 e. The average molecular weight is 282 g/mol. The van der Waals surface area contributed by atoms with E-state index in [9.17, 15) is 0 Å². The van der Waals surface area contributed by atoms with E-state index >= 15 is 0 Å². The lowest BCUT2D eigenvalue weighted by Gasteiger charge is -2.15. The van der Waals surface area contributed by atoms with Crippen LogP contribution in [0.5, 0.6) is 0 Å². The highest BCUT2D eigenvalue weighted by Gasteiger charge is 2.13. The molecule has 108 valence electrons.